The molecule has 1 heterocycles. The first kappa shape index (κ1) is 12.9. The summed E-state index contributed by atoms with van der Waals surface area (Å²) in [5.74, 6) is -0.776. The van der Waals surface area contributed by atoms with Crippen molar-refractivity contribution in [1.29, 1.82) is 5.26 Å². The van der Waals surface area contributed by atoms with Crippen LogP contribution >= 0.6 is 0 Å². The smallest absolute Gasteiger partial charge is 0.329 e. The number of nitriles is 1. The van der Waals surface area contributed by atoms with Crippen molar-refractivity contribution in [2.75, 3.05) is 5.32 Å². The van der Waals surface area contributed by atoms with E-state index in [4.69, 9.17) is 5.26 Å². The molecule has 6 nitrogen and oxygen atoms in total. The Kier molecular flexibility index (Phi) is 3.99. The van der Waals surface area contributed by atoms with Gasteiger partial charge in [0.1, 0.15) is 11.6 Å². The van der Waals surface area contributed by atoms with Gasteiger partial charge in [0.15, 0.2) is 5.82 Å². The van der Waals surface area contributed by atoms with Crippen LogP contribution in [-0.2, 0) is 4.79 Å². The largest absolute Gasteiger partial charge is 0.480 e. The third kappa shape index (κ3) is 2.91. The Morgan fingerprint density at radius 3 is 2.94 bits per heavy atom. The van der Waals surface area contributed by atoms with Crippen LogP contribution in [0.1, 0.15) is 32.3 Å². The fourth-order valence-corrected chi connectivity index (χ4v) is 1.50. The van der Waals surface area contributed by atoms with Crippen molar-refractivity contribution in [3.05, 3.63) is 17.8 Å². The zero-order chi connectivity index (χ0) is 12.9. The van der Waals surface area contributed by atoms with Gasteiger partial charge in [0.25, 0.3) is 0 Å². The number of carboxylic acids is 1. The molecule has 0 fully saturated rings. The van der Waals surface area contributed by atoms with Gasteiger partial charge in [-0.1, -0.05) is 13.3 Å². The molecule has 0 aliphatic rings. The topological polar surface area (TPSA) is 98.9 Å². The SMILES string of the molecule is CCCC(C)(Nc1nnccc1C#N)C(=O)O. The first-order valence-corrected chi connectivity index (χ1v) is 5.27. The first-order valence-electron chi connectivity index (χ1n) is 5.27. The number of aliphatic carboxylic acids is 1. The van der Waals surface area contributed by atoms with E-state index in [1.807, 2.05) is 13.0 Å². The van der Waals surface area contributed by atoms with Gasteiger partial charge in [0.2, 0.25) is 0 Å². The van der Waals surface area contributed by atoms with Crippen molar-refractivity contribution < 1.29 is 9.90 Å². The van der Waals surface area contributed by atoms with E-state index < -0.39 is 11.5 Å². The molecule has 1 aromatic heterocycles. The summed E-state index contributed by atoms with van der Waals surface area (Å²) in [7, 11) is 0. The second-order valence-corrected chi connectivity index (χ2v) is 3.92. The number of aromatic nitrogens is 2. The highest BCUT2D eigenvalue weighted by Gasteiger charge is 2.33. The van der Waals surface area contributed by atoms with E-state index in [1.165, 1.54) is 12.3 Å². The van der Waals surface area contributed by atoms with Crippen molar-refractivity contribution in [3.63, 3.8) is 0 Å². The van der Waals surface area contributed by atoms with Crippen LogP contribution < -0.4 is 5.32 Å². The quantitative estimate of drug-likeness (QED) is 0.799. The van der Waals surface area contributed by atoms with Gasteiger partial charge in [-0.25, -0.2) is 4.79 Å². The molecule has 1 unspecified atom stereocenters. The molecule has 90 valence electrons. The minimum absolute atomic E-state index is 0.202. The lowest BCUT2D eigenvalue weighted by molar-refractivity contribution is -0.142. The molecule has 0 spiro atoms. The zero-order valence-electron chi connectivity index (χ0n) is 9.77. The molecular formula is C11H14N4O2. The van der Waals surface area contributed by atoms with Crippen molar-refractivity contribution in [2.45, 2.75) is 32.2 Å². The van der Waals surface area contributed by atoms with Crippen LogP contribution in [0.2, 0.25) is 0 Å². The monoisotopic (exact) mass is 234 g/mol. The van der Waals surface area contributed by atoms with Crippen LogP contribution in [0.15, 0.2) is 12.3 Å². The van der Waals surface area contributed by atoms with Gasteiger partial charge in [-0.3, -0.25) is 0 Å². The summed E-state index contributed by atoms with van der Waals surface area (Å²) in [6.45, 7) is 3.46. The van der Waals surface area contributed by atoms with Crippen molar-refractivity contribution in [3.8, 4) is 6.07 Å². The molecule has 0 radical (unpaired) electrons. The average molecular weight is 234 g/mol. The molecule has 0 aliphatic heterocycles. The molecule has 0 amide bonds. The van der Waals surface area contributed by atoms with Gasteiger partial charge in [0.05, 0.1) is 11.8 Å². The van der Waals surface area contributed by atoms with Gasteiger partial charge in [-0.15, -0.1) is 5.10 Å². The van der Waals surface area contributed by atoms with E-state index in [-0.39, 0.29) is 11.4 Å². The Labute approximate surface area is 99.3 Å². The summed E-state index contributed by atoms with van der Waals surface area (Å²) < 4.78 is 0. The number of hydrogen-bond acceptors (Lipinski definition) is 5. The lowest BCUT2D eigenvalue weighted by Gasteiger charge is -2.26. The van der Waals surface area contributed by atoms with Crippen LogP contribution in [0.25, 0.3) is 0 Å². The van der Waals surface area contributed by atoms with E-state index in [0.717, 1.165) is 0 Å². The zero-order valence-corrected chi connectivity index (χ0v) is 9.77. The standard InChI is InChI=1S/C11H14N4O2/c1-3-5-11(2,10(16)17)14-9-8(7-12)4-6-13-15-9/h4,6H,3,5H2,1-2H3,(H,14,15)(H,16,17). The Balaban J connectivity index is 3.02. The van der Waals surface area contributed by atoms with Crippen LogP contribution in [0, 0.1) is 11.3 Å². The third-order valence-corrected chi connectivity index (χ3v) is 2.46. The molecule has 6 heteroatoms. The molecule has 1 atom stereocenters. The van der Waals surface area contributed by atoms with E-state index in [9.17, 15) is 9.90 Å². The number of rotatable bonds is 5. The molecule has 0 bridgehead atoms. The predicted octanol–water partition coefficient (Wildman–Crippen LogP) is 1.40. The lowest BCUT2D eigenvalue weighted by atomic mass is 9.96. The lowest BCUT2D eigenvalue weighted by Crippen LogP contribution is -2.43. The van der Waals surface area contributed by atoms with E-state index in [2.05, 4.69) is 15.5 Å². The number of carboxylic acid groups (broad SMARTS) is 1. The number of nitrogens with zero attached hydrogens (tertiary/aromatic N) is 3. The highest BCUT2D eigenvalue weighted by molar-refractivity contribution is 5.82. The van der Waals surface area contributed by atoms with Gasteiger partial charge in [0, 0.05) is 0 Å². The predicted molar refractivity (Wildman–Crippen MR) is 61.3 cm³/mol. The summed E-state index contributed by atoms with van der Waals surface area (Å²) in [6, 6.07) is 3.43. The minimum atomic E-state index is -1.14. The third-order valence-electron chi connectivity index (χ3n) is 2.46. The van der Waals surface area contributed by atoms with Gasteiger partial charge in [-0.2, -0.15) is 10.4 Å². The maximum Gasteiger partial charge on any atom is 0.329 e. The van der Waals surface area contributed by atoms with Crippen LogP contribution in [0.5, 0.6) is 0 Å². The Bertz CT molecular complexity index is 455. The second kappa shape index (κ2) is 5.25. The van der Waals surface area contributed by atoms with Crippen molar-refractivity contribution in [2.24, 2.45) is 0 Å². The molecule has 1 rings (SSSR count). The number of nitrogens with one attached hydrogen (secondary N) is 1. The normalized spacial score (nSPS) is 13.5. The maximum atomic E-state index is 11.2. The van der Waals surface area contributed by atoms with Crippen molar-refractivity contribution in [1.82, 2.24) is 10.2 Å². The maximum absolute atomic E-state index is 11.2. The minimum Gasteiger partial charge on any atom is -0.480 e. The Morgan fingerprint density at radius 2 is 2.41 bits per heavy atom. The first-order chi connectivity index (χ1) is 8.03. The molecule has 0 saturated carbocycles. The fourth-order valence-electron chi connectivity index (χ4n) is 1.50. The molecule has 17 heavy (non-hydrogen) atoms. The van der Waals surface area contributed by atoms with E-state index >= 15 is 0 Å². The highest BCUT2D eigenvalue weighted by atomic mass is 16.4. The number of anilines is 1. The van der Waals surface area contributed by atoms with Crippen LogP contribution in [0.4, 0.5) is 5.82 Å². The molecule has 0 aromatic carbocycles. The number of hydrogen-bond donors (Lipinski definition) is 2. The summed E-state index contributed by atoms with van der Waals surface area (Å²) in [5, 5.41) is 28.2. The van der Waals surface area contributed by atoms with Gasteiger partial charge < -0.3 is 10.4 Å². The summed E-state index contributed by atoms with van der Waals surface area (Å²) >= 11 is 0. The number of carbonyl (C=O) groups is 1. The van der Waals surface area contributed by atoms with Gasteiger partial charge >= 0.3 is 5.97 Å². The van der Waals surface area contributed by atoms with Gasteiger partial charge in [-0.05, 0) is 19.4 Å². The molecule has 0 saturated heterocycles. The van der Waals surface area contributed by atoms with E-state index in [0.29, 0.717) is 12.8 Å². The highest BCUT2D eigenvalue weighted by Crippen LogP contribution is 2.20. The molecular weight excluding hydrogens is 220 g/mol. The Hall–Kier alpha value is -2.16. The Morgan fingerprint density at radius 1 is 1.71 bits per heavy atom. The van der Waals surface area contributed by atoms with Crippen LogP contribution in [-0.4, -0.2) is 26.8 Å². The molecule has 0 aliphatic carbocycles. The second-order valence-electron chi connectivity index (χ2n) is 3.92. The molecule has 2 N–H and O–H groups in total. The summed E-state index contributed by atoms with van der Waals surface area (Å²) in [5.41, 5.74) is -0.861. The summed E-state index contributed by atoms with van der Waals surface area (Å²) in [6.07, 6.45) is 2.53. The average Bonchev–Trinajstić information content (AvgIpc) is 2.30. The fraction of sp³-hybridized carbons (Fsp3) is 0.455. The summed E-state index contributed by atoms with van der Waals surface area (Å²) in [4.78, 5) is 11.2. The van der Waals surface area contributed by atoms with E-state index in [1.54, 1.807) is 6.92 Å². The molecule has 1 aromatic rings. The van der Waals surface area contributed by atoms with Crippen molar-refractivity contribution >= 4 is 11.8 Å². The van der Waals surface area contributed by atoms with Crippen LogP contribution in [0.3, 0.4) is 0 Å².